The second-order valence-corrected chi connectivity index (χ2v) is 6.84. The zero-order chi connectivity index (χ0) is 16.4. The van der Waals surface area contributed by atoms with E-state index < -0.39 is 6.61 Å². The predicted molar refractivity (Wildman–Crippen MR) is 89.9 cm³/mol. The van der Waals surface area contributed by atoms with Crippen LogP contribution >= 0.6 is 27.7 Å². The number of ether oxygens (including phenoxy) is 1. The zero-order valence-electron chi connectivity index (χ0n) is 11.8. The van der Waals surface area contributed by atoms with Gasteiger partial charge in [0.05, 0.1) is 5.75 Å². The van der Waals surface area contributed by atoms with E-state index in [1.807, 2.05) is 24.3 Å². The Balaban J connectivity index is 1.85. The van der Waals surface area contributed by atoms with E-state index in [2.05, 4.69) is 20.7 Å². The quantitative estimate of drug-likeness (QED) is 0.737. The van der Waals surface area contributed by atoms with E-state index in [4.69, 9.17) is 0 Å². The fourth-order valence-corrected chi connectivity index (χ4v) is 3.81. The molecule has 0 saturated carbocycles. The van der Waals surface area contributed by atoms with Crippen LogP contribution in [-0.2, 0) is 4.79 Å². The molecule has 0 aromatic heterocycles. The van der Waals surface area contributed by atoms with Gasteiger partial charge in [0.2, 0.25) is 5.91 Å². The zero-order valence-corrected chi connectivity index (χ0v) is 14.2. The van der Waals surface area contributed by atoms with Crippen LogP contribution in [0.15, 0.2) is 53.0 Å². The number of carbonyl (C=O) groups is 1. The van der Waals surface area contributed by atoms with Gasteiger partial charge < -0.3 is 4.74 Å². The van der Waals surface area contributed by atoms with Crippen molar-refractivity contribution < 1.29 is 18.3 Å². The maximum Gasteiger partial charge on any atom is 0.387 e. The molecule has 2 aromatic rings. The molecule has 1 amide bonds. The molecule has 0 radical (unpaired) electrons. The molecule has 1 aliphatic heterocycles. The first-order valence-electron chi connectivity index (χ1n) is 6.78. The maximum absolute atomic E-state index is 12.2. The van der Waals surface area contributed by atoms with Crippen molar-refractivity contribution in [1.29, 1.82) is 0 Å². The lowest BCUT2D eigenvalue weighted by molar-refractivity contribution is -0.115. The Morgan fingerprint density at radius 1 is 1.13 bits per heavy atom. The van der Waals surface area contributed by atoms with E-state index in [0.717, 1.165) is 15.7 Å². The van der Waals surface area contributed by atoms with Crippen LogP contribution in [0.4, 0.5) is 14.5 Å². The van der Waals surface area contributed by atoms with Gasteiger partial charge >= 0.3 is 6.61 Å². The van der Waals surface area contributed by atoms with Gasteiger partial charge in [-0.15, -0.1) is 11.8 Å². The Kier molecular flexibility index (Phi) is 4.87. The molecule has 1 atom stereocenters. The SMILES string of the molecule is O=C1CSC(c2ccc(OC(F)F)cc2)N1c1ccc(Br)cc1. The van der Waals surface area contributed by atoms with E-state index in [1.165, 1.54) is 23.9 Å². The highest BCUT2D eigenvalue weighted by molar-refractivity contribution is 9.10. The van der Waals surface area contributed by atoms with Crippen molar-refractivity contribution in [2.75, 3.05) is 10.7 Å². The first-order chi connectivity index (χ1) is 11.0. The van der Waals surface area contributed by atoms with Gasteiger partial charge in [0.25, 0.3) is 0 Å². The van der Waals surface area contributed by atoms with Crippen molar-refractivity contribution in [3.05, 3.63) is 58.6 Å². The van der Waals surface area contributed by atoms with Gasteiger partial charge in [0, 0.05) is 10.2 Å². The summed E-state index contributed by atoms with van der Waals surface area (Å²) in [6, 6.07) is 13.9. The fourth-order valence-electron chi connectivity index (χ4n) is 2.37. The van der Waals surface area contributed by atoms with E-state index in [9.17, 15) is 13.6 Å². The number of nitrogens with zero attached hydrogens (tertiary/aromatic N) is 1. The van der Waals surface area contributed by atoms with Crippen LogP contribution < -0.4 is 9.64 Å². The van der Waals surface area contributed by atoms with Crippen molar-refractivity contribution in [3.63, 3.8) is 0 Å². The largest absolute Gasteiger partial charge is 0.435 e. The molecule has 2 aromatic carbocycles. The van der Waals surface area contributed by atoms with Crippen molar-refractivity contribution in [3.8, 4) is 5.75 Å². The number of rotatable bonds is 4. The molecule has 1 heterocycles. The molecule has 0 spiro atoms. The number of hydrogen-bond acceptors (Lipinski definition) is 3. The van der Waals surface area contributed by atoms with Gasteiger partial charge in [-0.05, 0) is 42.0 Å². The Hall–Kier alpha value is -1.60. The maximum atomic E-state index is 12.2. The molecule has 1 fully saturated rings. The highest BCUT2D eigenvalue weighted by atomic mass is 79.9. The van der Waals surface area contributed by atoms with Crippen molar-refractivity contribution in [2.24, 2.45) is 0 Å². The molecule has 3 rings (SSSR count). The summed E-state index contributed by atoms with van der Waals surface area (Å²) < 4.78 is 29.7. The van der Waals surface area contributed by atoms with Crippen molar-refractivity contribution in [1.82, 2.24) is 0 Å². The Bertz CT molecular complexity index is 694. The minimum atomic E-state index is -2.84. The van der Waals surface area contributed by atoms with Crippen LogP contribution in [0.25, 0.3) is 0 Å². The molecule has 120 valence electrons. The topological polar surface area (TPSA) is 29.5 Å². The number of amides is 1. The van der Waals surface area contributed by atoms with Crippen LogP contribution in [-0.4, -0.2) is 18.3 Å². The van der Waals surface area contributed by atoms with Gasteiger partial charge in [-0.2, -0.15) is 8.78 Å². The molecule has 0 bridgehead atoms. The van der Waals surface area contributed by atoms with Crippen molar-refractivity contribution >= 4 is 39.3 Å². The lowest BCUT2D eigenvalue weighted by Crippen LogP contribution is -2.27. The second-order valence-electron chi connectivity index (χ2n) is 4.85. The average Bonchev–Trinajstić information content (AvgIpc) is 2.90. The lowest BCUT2D eigenvalue weighted by Gasteiger charge is -2.24. The molecule has 1 unspecified atom stereocenters. The highest BCUT2D eigenvalue weighted by Gasteiger charge is 2.33. The number of anilines is 1. The van der Waals surface area contributed by atoms with E-state index in [-0.39, 0.29) is 17.0 Å². The van der Waals surface area contributed by atoms with Gasteiger partial charge in [-0.25, -0.2) is 0 Å². The first kappa shape index (κ1) is 16.3. The molecule has 3 nitrogen and oxygen atoms in total. The second kappa shape index (κ2) is 6.88. The third-order valence-corrected chi connectivity index (χ3v) is 5.10. The standard InChI is InChI=1S/C16H12BrF2NO2S/c17-11-3-5-12(6-4-11)20-14(21)9-23-15(20)10-1-7-13(8-2-10)22-16(18)19/h1-8,15-16H,9H2. The third kappa shape index (κ3) is 3.67. The van der Waals surface area contributed by atoms with Gasteiger partial charge in [0.1, 0.15) is 11.1 Å². The number of halogens is 3. The van der Waals surface area contributed by atoms with Crippen LogP contribution in [0.5, 0.6) is 5.75 Å². The van der Waals surface area contributed by atoms with Gasteiger partial charge in [-0.3, -0.25) is 9.69 Å². The van der Waals surface area contributed by atoms with Gasteiger partial charge in [-0.1, -0.05) is 28.1 Å². The molecule has 23 heavy (non-hydrogen) atoms. The number of benzene rings is 2. The van der Waals surface area contributed by atoms with E-state index in [0.29, 0.717) is 5.75 Å². The number of thioether (sulfide) groups is 1. The normalized spacial score (nSPS) is 17.8. The molecule has 1 saturated heterocycles. The molecular weight excluding hydrogens is 388 g/mol. The highest BCUT2D eigenvalue weighted by Crippen LogP contribution is 2.42. The summed E-state index contributed by atoms with van der Waals surface area (Å²) in [7, 11) is 0. The summed E-state index contributed by atoms with van der Waals surface area (Å²) in [6.45, 7) is -2.84. The lowest BCUT2D eigenvalue weighted by atomic mass is 10.2. The van der Waals surface area contributed by atoms with Crippen LogP contribution in [0.2, 0.25) is 0 Å². The summed E-state index contributed by atoms with van der Waals surface area (Å²) >= 11 is 4.88. The molecule has 7 heteroatoms. The minimum Gasteiger partial charge on any atom is -0.435 e. The summed E-state index contributed by atoms with van der Waals surface area (Å²) in [5, 5.41) is -0.177. The molecule has 0 aliphatic carbocycles. The fraction of sp³-hybridized carbons (Fsp3) is 0.188. The van der Waals surface area contributed by atoms with E-state index >= 15 is 0 Å². The summed E-state index contributed by atoms with van der Waals surface area (Å²) in [6.07, 6.45) is 0. The summed E-state index contributed by atoms with van der Waals surface area (Å²) in [5.41, 5.74) is 1.67. The van der Waals surface area contributed by atoms with Crippen LogP contribution in [0.3, 0.4) is 0 Å². The third-order valence-electron chi connectivity index (χ3n) is 3.36. The monoisotopic (exact) mass is 399 g/mol. The first-order valence-corrected chi connectivity index (χ1v) is 8.63. The van der Waals surface area contributed by atoms with Crippen LogP contribution in [0.1, 0.15) is 10.9 Å². The average molecular weight is 400 g/mol. The predicted octanol–water partition coefficient (Wildman–Crippen LogP) is 4.83. The number of hydrogen-bond donors (Lipinski definition) is 0. The molecular formula is C16H12BrF2NO2S. The Morgan fingerprint density at radius 2 is 1.78 bits per heavy atom. The summed E-state index contributed by atoms with van der Waals surface area (Å²) in [5.74, 6) is 0.513. The number of alkyl halides is 2. The molecule has 0 N–H and O–H groups in total. The van der Waals surface area contributed by atoms with Gasteiger partial charge in [0.15, 0.2) is 0 Å². The Morgan fingerprint density at radius 3 is 2.39 bits per heavy atom. The summed E-state index contributed by atoms with van der Waals surface area (Å²) in [4.78, 5) is 13.9. The molecule has 1 aliphatic rings. The van der Waals surface area contributed by atoms with E-state index in [1.54, 1.807) is 17.0 Å². The number of carbonyl (C=O) groups excluding carboxylic acids is 1. The Labute approximate surface area is 144 Å². The minimum absolute atomic E-state index is 0.0234. The van der Waals surface area contributed by atoms with Crippen LogP contribution in [0, 0.1) is 0 Å². The van der Waals surface area contributed by atoms with Crippen molar-refractivity contribution in [2.45, 2.75) is 12.0 Å². The smallest absolute Gasteiger partial charge is 0.387 e.